The van der Waals surface area contributed by atoms with Crippen molar-refractivity contribution in [2.24, 2.45) is 4.99 Å². The first kappa shape index (κ1) is 12.4. The lowest BCUT2D eigenvalue weighted by atomic mass is 10.2. The van der Waals surface area contributed by atoms with E-state index in [9.17, 15) is 8.42 Å². The maximum absolute atomic E-state index is 11.2. The predicted molar refractivity (Wildman–Crippen MR) is 74.2 cm³/mol. The normalized spacial score (nSPS) is 14.6. The first-order valence-corrected chi connectivity index (χ1v) is 7.16. The Labute approximate surface area is 106 Å². The molecule has 0 saturated heterocycles. The lowest BCUT2D eigenvalue weighted by Gasteiger charge is -2.15. The van der Waals surface area contributed by atoms with Crippen LogP contribution in [-0.4, -0.2) is 20.9 Å². The van der Waals surface area contributed by atoms with E-state index in [0.717, 1.165) is 11.9 Å². The molecule has 0 fully saturated rings. The second-order valence-corrected chi connectivity index (χ2v) is 5.52. The number of hydrogen-bond donors (Lipinski definition) is 1. The monoisotopic (exact) mass is 263 g/mol. The minimum Gasteiger partial charge on any atom is -0.322 e. The summed E-state index contributed by atoms with van der Waals surface area (Å²) in [6.45, 7) is 0. The molecule has 0 spiro atoms. The van der Waals surface area contributed by atoms with Crippen LogP contribution in [0.3, 0.4) is 0 Å². The quantitative estimate of drug-likeness (QED) is 0.906. The Bertz CT molecular complexity index is 602. The van der Waals surface area contributed by atoms with Crippen molar-refractivity contribution in [2.45, 2.75) is 0 Å². The largest absolute Gasteiger partial charge is 0.322 e. The molecule has 1 N–H and O–H groups in total. The van der Waals surface area contributed by atoms with E-state index in [1.807, 2.05) is 17.2 Å². The summed E-state index contributed by atoms with van der Waals surface area (Å²) in [4.78, 5) is 5.83. The number of hydrogen-bond acceptors (Lipinski definition) is 4. The van der Waals surface area contributed by atoms with Crippen molar-refractivity contribution in [3.63, 3.8) is 0 Å². The Morgan fingerprint density at radius 3 is 2.89 bits per heavy atom. The van der Waals surface area contributed by atoms with Crippen molar-refractivity contribution in [1.29, 1.82) is 0 Å². The summed E-state index contributed by atoms with van der Waals surface area (Å²) in [6, 6.07) is 7.12. The van der Waals surface area contributed by atoms with Crippen LogP contribution in [0.2, 0.25) is 0 Å². The summed E-state index contributed by atoms with van der Waals surface area (Å²) in [7, 11) is -3.26. The molecule has 1 aliphatic rings. The SMILES string of the molecule is CS(=O)(=O)Nc1cccc(N2C=CC=NC=C2)c1. The third-order valence-corrected chi connectivity index (χ3v) is 2.79. The Morgan fingerprint density at radius 2 is 2.11 bits per heavy atom. The zero-order valence-corrected chi connectivity index (χ0v) is 10.6. The van der Waals surface area contributed by atoms with Crippen LogP contribution in [0.15, 0.2) is 53.9 Å². The van der Waals surface area contributed by atoms with Gasteiger partial charge in [0.25, 0.3) is 0 Å². The van der Waals surface area contributed by atoms with Gasteiger partial charge in [-0.05, 0) is 24.3 Å². The van der Waals surface area contributed by atoms with E-state index >= 15 is 0 Å². The van der Waals surface area contributed by atoms with Gasteiger partial charge in [-0.3, -0.25) is 9.71 Å². The number of nitrogens with one attached hydrogen (secondary N) is 1. The molecule has 0 atom stereocenters. The van der Waals surface area contributed by atoms with E-state index < -0.39 is 10.0 Å². The van der Waals surface area contributed by atoms with Gasteiger partial charge in [-0.25, -0.2) is 8.42 Å². The summed E-state index contributed by atoms with van der Waals surface area (Å²) in [6.07, 6.45) is 9.90. The second-order valence-electron chi connectivity index (χ2n) is 3.77. The summed E-state index contributed by atoms with van der Waals surface area (Å²) in [5, 5.41) is 0. The molecule has 0 amide bonds. The van der Waals surface area contributed by atoms with Crippen molar-refractivity contribution in [3.8, 4) is 0 Å². The second kappa shape index (κ2) is 5.05. The molecule has 1 aromatic carbocycles. The molecule has 1 aromatic rings. The third-order valence-electron chi connectivity index (χ3n) is 2.18. The molecule has 5 nitrogen and oxygen atoms in total. The highest BCUT2D eigenvalue weighted by atomic mass is 32.2. The number of anilines is 2. The smallest absolute Gasteiger partial charge is 0.229 e. The van der Waals surface area contributed by atoms with Crippen LogP contribution in [0.5, 0.6) is 0 Å². The van der Waals surface area contributed by atoms with Crippen LogP contribution in [-0.2, 0) is 10.0 Å². The topological polar surface area (TPSA) is 61.8 Å². The van der Waals surface area contributed by atoms with Crippen molar-refractivity contribution in [2.75, 3.05) is 15.9 Å². The molecule has 0 bridgehead atoms. The van der Waals surface area contributed by atoms with Gasteiger partial charge in [-0.1, -0.05) is 6.07 Å². The summed E-state index contributed by atoms with van der Waals surface area (Å²) < 4.78 is 24.8. The molecule has 0 unspecified atom stereocenters. The predicted octanol–water partition coefficient (Wildman–Crippen LogP) is 1.93. The van der Waals surface area contributed by atoms with Gasteiger partial charge in [0.1, 0.15) is 0 Å². The van der Waals surface area contributed by atoms with Crippen LogP contribution >= 0.6 is 0 Å². The summed E-state index contributed by atoms with van der Waals surface area (Å²) >= 11 is 0. The maximum atomic E-state index is 11.2. The molecule has 6 heteroatoms. The third kappa shape index (κ3) is 3.46. The van der Waals surface area contributed by atoms with E-state index in [0.29, 0.717) is 5.69 Å². The van der Waals surface area contributed by atoms with E-state index in [2.05, 4.69) is 9.71 Å². The average Bonchev–Trinajstić information content (AvgIpc) is 2.55. The van der Waals surface area contributed by atoms with Gasteiger partial charge in [-0.15, -0.1) is 0 Å². The number of nitrogens with zero attached hydrogens (tertiary/aromatic N) is 2. The molecule has 0 aromatic heterocycles. The van der Waals surface area contributed by atoms with Gasteiger partial charge in [0, 0.05) is 30.5 Å². The van der Waals surface area contributed by atoms with Crippen molar-refractivity contribution in [1.82, 2.24) is 0 Å². The molecule has 1 heterocycles. The van der Waals surface area contributed by atoms with E-state index in [1.54, 1.807) is 42.9 Å². The average molecular weight is 263 g/mol. The number of allylic oxidation sites excluding steroid dienone is 1. The van der Waals surface area contributed by atoms with Crippen LogP contribution in [0.4, 0.5) is 11.4 Å². The highest BCUT2D eigenvalue weighted by Gasteiger charge is 2.05. The molecule has 18 heavy (non-hydrogen) atoms. The molecule has 0 saturated carbocycles. The highest BCUT2D eigenvalue weighted by molar-refractivity contribution is 7.92. The van der Waals surface area contributed by atoms with Crippen molar-refractivity contribution >= 4 is 27.6 Å². The fourth-order valence-corrected chi connectivity index (χ4v) is 2.06. The molecule has 94 valence electrons. The van der Waals surface area contributed by atoms with E-state index in [-0.39, 0.29) is 0 Å². The lowest BCUT2D eigenvalue weighted by Crippen LogP contribution is -2.11. The fraction of sp³-hybridized carbons (Fsp3) is 0.0833. The molecule has 0 radical (unpaired) electrons. The van der Waals surface area contributed by atoms with Crippen LogP contribution < -0.4 is 9.62 Å². The Morgan fingerprint density at radius 1 is 1.28 bits per heavy atom. The minimum absolute atomic E-state index is 0.530. The molecule has 1 aliphatic heterocycles. The first-order chi connectivity index (χ1) is 8.54. The fourth-order valence-electron chi connectivity index (χ4n) is 1.51. The lowest BCUT2D eigenvalue weighted by molar-refractivity contribution is 0.607. The highest BCUT2D eigenvalue weighted by Crippen LogP contribution is 2.21. The Kier molecular flexibility index (Phi) is 3.47. The van der Waals surface area contributed by atoms with Crippen LogP contribution in [0.25, 0.3) is 0 Å². The number of benzene rings is 1. The maximum Gasteiger partial charge on any atom is 0.229 e. The minimum atomic E-state index is -3.26. The van der Waals surface area contributed by atoms with Crippen LogP contribution in [0, 0.1) is 0 Å². The summed E-state index contributed by atoms with van der Waals surface area (Å²) in [5.41, 5.74) is 1.38. The van der Waals surface area contributed by atoms with Gasteiger partial charge in [0.15, 0.2) is 0 Å². The van der Waals surface area contributed by atoms with Gasteiger partial charge < -0.3 is 4.90 Å². The zero-order valence-electron chi connectivity index (χ0n) is 9.82. The van der Waals surface area contributed by atoms with E-state index in [4.69, 9.17) is 0 Å². The van der Waals surface area contributed by atoms with Gasteiger partial charge in [0.05, 0.1) is 11.9 Å². The first-order valence-electron chi connectivity index (χ1n) is 5.27. The van der Waals surface area contributed by atoms with Gasteiger partial charge >= 0.3 is 0 Å². The summed E-state index contributed by atoms with van der Waals surface area (Å²) in [5.74, 6) is 0. The molecule has 2 rings (SSSR count). The van der Waals surface area contributed by atoms with Gasteiger partial charge in [0.2, 0.25) is 10.0 Å². The number of sulfonamides is 1. The molecule has 0 aliphatic carbocycles. The Balaban J connectivity index is 2.27. The van der Waals surface area contributed by atoms with Crippen molar-refractivity contribution < 1.29 is 8.42 Å². The standard InChI is InChI=1S/C12H13N3O2S/c1-18(16,17)14-11-4-2-5-12(10-11)15-8-3-6-13-7-9-15/h2-10,14H,1H3. The number of rotatable bonds is 3. The number of aliphatic imine (C=N–C) groups is 1. The van der Waals surface area contributed by atoms with Gasteiger partial charge in [-0.2, -0.15) is 0 Å². The van der Waals surface area contributed by atoms with E-state index in [1.165, 1.54) is 0 Å². The molecular weight excluding hydrogens is 250 g/mol. The zero-order chi connectivity index (χ0) is 13.0. The Hall–Kier alpha value is -2.08. The van der Waals surface area contributed by atoms with Crippen molar-refractivity contribution in [3.05, 3.63) is 48.9 Å². The molecular formula is C12H13N3O2S. The van der Waals surface area contributed by atoms with Crippen LogP contribution in [0.1, 0.15) is 0 Å².